The van der Waals surface area contributed by atoms with Crippen LogP contribution in [-0.2, 0) is 25.5 Å². The molecular formula is C24H25FN2O5. The van der Waals surface area contributed by atoms with Crippen molar-refractivity contribution in [2.75, 3.05) is 36.5 Å². The number of piperazine rings is 1. The number of halogens is 1. The quantitative estimate of drug-likeness (QED) is 0.525. The van der Waals surface area contributed by atoms with Crippen molar-refractivity contribution in [3.8, 4) is 5.75 Å². The van der Waals surface area contributed by atoms with E-state index in [1.807, 2.05) is 28.0 Å². The van der Waals surface area contributed by atoms with Crippen molar-refractivity contribution in [3.05, 3.63) is 53.8 Å². The van der Waals surface area contributed by atoms with Gasteiger partial charge >= 0.3 is 11.9 Å². The molecule has 3 aliphatic rings. The SMILES string of the molecule is COc1ccc2c(c1)N1CCN(c3ccccc3F)CC1C1(C2)C(=O)OC(C)(C)OC1=O. The van der Waals surface area contributed by atoms with Gasteiger partial charge in [-0.15, -0.1) is 0 Å². The fourth-order valence-corrected chi connectivity index (χ4v) is 5.07. The van der Waals surface area contributed by atoms with Crippen LogP contribution >= 0.6 is 0 Å². The summed E-state index contributed by atoms with van der Waals surface area (Å²) >= 11 is 0. The van der Waals surface area contributed by atoms with Crippen LogP contribution < -0.4 is 14.5 Å². The Bertz CT molecular complexity index is 1080. The molecule has 1 atom stereocenters. The Labute approximate surface area is 185 Å². The van der Waals surface area contributed by atoms with Gasteiger partial charge in [-0.2, -0.15) is 0 Å². The number of para-hydroxylation sites is 1. The number of fused-ring (bicyclic) bond motifs is 4. The van der Waals surface area contributed by atoms with Crippen LogP contribution in [-0.4, -0.2) is 50.5 Å². The first-order valence-electron chi connectivity index (χ1n) is 10.6. The second kappa shape index (κ2) is 7.12. The van der Waals surface area contributed by atoms with Crippen molar-refractivity contribution >= 4 is 23.3 Å². The number of rotatable bonds is 2. The highest BCUT2D eigenvalue weighted by molar-refractivity contribution is 6.04. The third-order valence-electron chi connectivity index (χ3n) is 6.62. The molecule has 32 heavy (non-hydrogen) atoms. The highest BCUT2D eigenvalue weighted by atomic mass is 19.1. The van der Waals surface area contributed by atoms with E-state index in [1.165, 1.54) is 6.07 Å². The molecule has 0 N–H and O–H groups in total. The van der Waals surface area contributed by atoms with Crippen LogP contribution in [0.15, 0.2) is 42.5 Å². The molecule has 3 aliphatic heterocycles. The number of esters is 2. The Morgan fingerprint density at radius 1 is 1.03 bits per heavy atom. The maximum atomic E-state index is 14.6. The second-order valence-electron chi connectivity index (χ2n) is 8.93. The van der Waals surface area contributed by atoms with Crippen LogP contribution in [0.1, 0.15) is 19.4 Å². The fourth-order valence-electron chi connectivity index (χ4n) is 5.07. The zero-order chi connectivity index (χ0) is 22.7. The number of cyclic esters (lactones) is 2. The lowest BCUT2D eigenvalue weighted by Crippen LogP contribution is -2.71. The van der Waals surface area contributed by atoms with Gasteiger partial charge in [0.15, 0.2) is 5.41 Å². The summed E-state index contributed by atoms with van der Waals surface area (Å²) in [6, 6.07) is 11.5. The van der Waals surface area contributed by atoms with Crippen molar-refractivity contribution in [1.29, 1.82) is 0 Å². The molecule has 0 bridgehead atoms. The Morgan fingerprint density at radius 2 is 1.75 bits per heavy atom. The largest absolute Gasteiger partial charge is 0.497 e. The number of ether oxygens (including phenoxy) is 3. The van der Waals surface area contributed by atoms with Gasteiger partial charge < -0.3 is 24.0 Å². The zero-order valence-electron chi connectivity index (χ0n) is 18.3. The Kier molecular flexibility index (Phi) is 4.58. The van der Waals surface area contributed by atoms with Crippen LogP contribution in [0.4, 0.5) is 15.8 Å². The summed E-state index contributed by atoms with van der Waals surface area (Å²) in [6.45, 7) is 4.37. The molecule has 1 spiro atoms. The minimum Gasteiger partial charge on any atom is -0.497 e. The molecule has 0 aliphatic carbocycles. The molecule has 0 saturated carbocycles. The molecule has 2 aromatic rings. The third-order valence-corrected chi connectivity index (χ3v) is 6.62. The lowest BCUT2D eigenvalue weighted by atomic mass is 9.69. The topological polar surface area (TPSA) is 68.3 Å². The van der Waals surface area contributed by atoms with E-state index in [2.05, 4.69) is 0 Å². The summed E-state index contributed by atoms with van der Waals surface area (Å²) in [4.78, 5) is 30.8. The Morgan fingerprint density at radius 3 is 2.44 bits per heavy atom. The molecule has 7 nitrogen and oxygen atoms in total. The number of carbonyl (C=O) groups is 2. The van der Waals surface area contributed by atoms with Crippen molar-refractivity contribution in [1.82, 2.24) is 0 Å². The number of hydrogen-bond donors (Lipinski definition) is 0. The van der Waals surface area contributed by atoms with E-state index in [0.717, 1.165) is 11.3 Å². The molecule has 0 radical (unpaired) electrons. The van der Waals surface area contributed by atoms with E-state index in [1.54, 1.807) is 39.2 Å². The molecular weight excluding hydrogens is 415 g/mol. The molecule has 5 rings (SSSR count). The number of carbonyl (C=O) groups excluding carboxylic acids is 2. The van der Waals surface area contributed by atoms with Crippen LogP contribution in [0.3, 0.4) is 0 Å². The first-order valence-corrected chi connectivity index (χ1v) is 10.6. The van der Waals surface area contributed by atoms with E-state index in [-0.39, 0.29) is 18.8 Å². The van der Waals surface area contributed by atoms with E-state index in [0.29, 0.717) is 24.5 Å². The van der Waals surface area contributed by atoms with Crippen molar-refractivity contribution in [3.63, 3.8) is 0 Å². The average molecular weight is 440 g/mol. The van der Waals surface area contributed by atoms with Gasteiger partial charge in [-0.1, -0.05) is 18.2 Å². The molecule has 2 saturated heterocycles. The molecule has 2 fully saturated rings. The van der Waals surface area contributed by atoms with Crippen LogP contribution in [0, 0.1) is 11.2 Å². The van der Waals surface area contributed by atoms with E-state index in [9.17, 15) is 14.0 Å². The van der Waals surface area contributed by atoms with Crippen LogP contribution in [0.5, 0.6) is 5.75 Å². The predicted octanol–water partition coefficient (Wildman–Crippen LogP) is 2.91. The number of nitrogens with zero attached hydrogens (tertiary/aromatic N) is 2. The lowest BCUT2D eigenvalue weighted by Gasteiger charge is -2.55. The lowest BCUT2D eigenvalue weighted by molar-refractivity contribution is -0.253. The van der Waals surface area contributed by atoms with Crippen molar-refractivity contribution in [2.45, 2.75) is 32.1 Å². The summed E-state index contributed by atoms with van der Waals surface area (Å²) in [5.41, 5.74) is 0.645. The molecule has 0 aromatic heterocycles. The third kappa shape index (κ3) is 3.00. The van der Waals surface area contributed by atoms with Crippen LogP contribution in [0.25, 0.3) is 0 Å². The van der Waals surface area contributed by atoms with Gasteiger partial charge in [-0.25, -0.2) is 4.39 Å². The highest BCUT2D eigenvalue weighted by Crippen LogP contribution is 2.48. The van der Waals surface area contributed by atoms with E-state index < -0.39 is 29.2 Å². The number of methoxy groups -OCH3 is 1. The van der Waals surface area contributed by atoms with Crippen LogP contribution in [0.2, 0.25) is 0 Å². The van der Waals surface area contributed by atoms with Gasteiger partial charge in [-0.05, 0) is 23.8 Å². The standard InChI is InChI=1S/C24H25FN2O5/c1-23(2)31-21(28)24(22(29)32-23)13-15-8-9-16(30-3)12-19(15)27-11-10-26(14-20(24)27)18-7-5-4-6-17(18)25/h4-9,12,20H,10-11,13-14H2,1-3H3. The smallest absolute Gasteiger partial charge is 0.329 e. The monoisotopic (exact) mass is 440 g/mol. The number of hydrogen-bond acceptors (Lipinski definition) is 7. The Hall–Kier alpha value is -3.29. The maximum Gasteiger partial charge on any atom is 0.329 e. The minimum atomic E-state index is -1.54. The summed E-state index contributed by atoms with van der Waals surface area (Å²) < 4.78 is 31.1. The number of benzene rings is 2. The normalized spacial score (nSPS) is 23.2. The first kappa shape index (κ1) is 20.6. The molecule has 0 amide bonds. The van der Waals surface area contributed by atoms with Gasteiger partial charge in [0, 0.05) is 51.7 Å². The van der Waals surface area contributed by atoms with E-state index in [4.69, 9.17) is 14.2 Å². The summed E-state index contributed by atoms with van der Waals surface area (Å²) in [6.07, 6.45) is 0.145. The van der Waals surface area contributed by atoms with Gasteiger partial charge in [-0.3, -0.25) is 9.59 Å². The van der Waals surface area contributed by atoms with Gasteiger partial charge in [0.05, 0.1) is 18.8 Å². The molecule has 2 aromatic carbocycles. The second-order valence-corrected chi connectivity index (χ2v) is 8.93. The number of anilines is 2. The maximum absolute atomic E-state index is 14.6. The van der Waals surface area contributed by atoms with Gasteiger partial charge in [0.25, 0.3) is 5.79 Å². The molecule has 168 valence electrons. The average Bonchev–Trinajstić information content (AvgIpc) is 2.76. The summed E-state index contributed by atoms with van der Waals surface area (Å²) in [5.74, 6) is -2.20. The summed E-state index contributed by atoms with van der Waals surface area (Å²) in [7, 11) is 1.59. The van der Waals surface area contributed by atoms with Gasteiger partial charge in [0.2, 0.25) is 0 Å². The van der Waals surface area contributed by atoms with Crippen molar-refractivity contribution in [2.24, 2.45) is 5.41 Å². The fraction of sp³-hybridized carbons (Fsp3) is 0.417. The minimum absolute atomic E-state index is 0.145. The molecule has 1 unspecified atom stereocenters. The zero-order valence-corrected chi connectivity index (χ0v) is 18.3. The molecule has 3 heterocycles. The molecule has 8 heteroatoms. The van der Waals surface area contributed by atoms with Gasteiger partial charge in [0.1, 0.15) is 11.6 Å². The first-order chi connectivity index (χ1) is 15.2. The predicted molar refractivity (Wildman–Crippen MR) is 115 cm³/mol. The summed E-state index contributed by atoms with van der Waals surface area (Å²) in [5, 5.41) is 0. The Balaban J connectivity index is 1.62. The highest BCUT2D eigenvalue weighted by Gasteiger charge is 2.64. The van der Waals surface area contributed by atoms with Crippen molar-refractivity contribution < 1.29 is 28.2 Å². The van der Waals surface area contributed by atoms with E-state index >= 15 is 0 Å².